The summed E-state index contributed by atoms with van der Waals surface area (Å²) in [7, 11) is 2.14. The molecule has 1 aromatic heterocycles. The molecule has 14 heavy (non-hydrogen) atoms. The molecule has 0 saturated heterocycles. The second-order valence-electron chi connectivity index (χ2n) is 3.85. The number of anilines is 1. The van der Waals surface area contributed by atoms with Crippen LogP contribution in [0.25, 0.3) is 0 Å². The Morgan fingerprint density at radius 1 is 1.50 bits per heavy atom. The minimum absolute atomic E-state index is 0.720. The third kappa shape index (κ3) is 1.92. The molecule has 0 amide bonds. The second-order valence-corrected chi connectivity index (χ2v) is 4.41. The average Bonchev–Trinajstić information content (AvgIpc) is 2.15. The Morgan fingerprint density at radius 3 is 2.71 bits per heavy atom. The summed E-state index contributed by atoms with van der Waals surface area (Å²) in [5.74, 6) is 1.10. The molecule has 76 valence electrons. The van der Waals surface area contributed by atoms with Gasteiger partial charge in [0.25, 0.3) is 0 Å². The topological polar surface area (TPSA) is 16.1 Å². The molecule has 0 atom stereocenters. The minimum atomic E-state index is 0.720. The molecular formula is C11H15BrN2. The zero-order valence-corrected chi connectivity index (χ0v) is 10.00. The number of nitrogens with zero attached hydrogens (tertiary/aromatic N) is 2. The van der Waals surface area contributed by atoms with Gasteiger partial charge in [0, 0.05) is 24.6 Å². The predicted molar refractivity (Wildman–Crippen MR) is 62.9 cm³/mol. The van der Waals surface area contributed by atoms with Crippen LogP contribution >= 0.6 is 15.9 Å². The van der Waals surface area contributed by atoms with Crippen molar-refractivity contribution in [1.29, 1.82) is 0 Å². The van der Waals surface area contributed by atoms with Crippen LogP contribution in [0.15, 0.2) is 18.3 Å². The van der Waals surface area contributed by atoms with E-state index in [4.69, 9.17) is 0 Å². The highest BCUT2D eigenvalue weighted by atomic mass is 79.9. The Balaban J connectivity index is 2.07. The zero-order chi connectivity index (χ0) is 9.97. The molecule has 1 heterocycles. The summed E-state index contributed by atoms with van der Waals surface area (Å²) in [4.78, 5) is 6.74. The number of halogens is 1. The first-order chi connectivity index (χ1) is 6.81. The van der Waals surface area contributed by atoms with Crippen LogP contribution in [0.4, 0.5) is 5.82 Å². The number of hydrogen-bond acceptors (Lipinski definition) is 2. The second kappa shape index (κ2) is 4.30. The van der Waals surface area contributed by atoms with E-state index in [1.54, 1.807) is 0 Å². The molecule has 0 N–H and O–H groups in total. The van der Waals surface area contributed by atoms with Crippen LogP contribution in [0.5, 0.6) is 0 Å². The lowest BCUT2D eigenvalue weighted by molar-refractivity contribution is 0.399. The average molecular weight is 255 g/mol. The first kappa shape index (κ1) is 9.97. The van der Waals surface area contributed by atoms with Gasteiger partial charge in [-0.05, 0) is 30.9 Å². The highest BCUT2D eigenvalue weighted by Gasteiger charge is 2.22. The Bertz CT molecular complexity index is 293. The van der Waals surface area contributed by atoms with E-state index in [2.05, 4.69) is 45.0 Å². The van der Waals surface area contributed by atoms with Crippen LogP contribution in [0.1, 0.15) is 24.8 Å². The van der Waals surface area contributed by atoms with Gasteiger partial charge in [0.15, 0.2) is 0 Å². The van der Waals surface area contributed by atoms with Gasteiger partial charge in [-0.3, -0.25) is 0 Å². The van der Waals surface area contributed by atoms with Crippen molar-refractivity contribution in [1.82, 2.24) is 4.98 Å². The van der Waals surface area contributed by atoms with Gasteiger partial charge < -0.3 is 4.90 Å². The lowest BCUT2D eigenvalue weighted by Crippen LogP contribution is -2.37. The maximum absolute atomic E-state index is 4.45. The fourth-order valence-corrected chi connectivity index (χ4v) is 2.00. The first-order valence-electron chi connectivity index (χ1n) is 5.05. The van der Waals surface area contributed by atoms with Crippen molar-refractivity contribution in [2.75, 3.05) is 11.9 Å². The maximum Gasteiger partial charge on any atom is 0.128 e. The molecule has 0 aliphatic heterocycles. The minimum Gasteiger partial charge on any atom is -0.357 e. The van der Waals surface area contributed by atoms with Crippen LogP contribution in [0, 0.1) is 0 Å². The quantitative estimate of drug-likeness (QED) is 0.772. The molecular weight excluding hydrogens is 240 g/mol. The van der Waals surface area contributed by atoms with Crippen molar-refractivity contribution in [3.8, 4) is 0 Å². The molecule has 3 heteroatoms. The summed E-state index contributed by atoms with van der Waals surface area (Å²) in [5, 5.41) is 0.882. The third-order valence-corrected chi connectivity index (χ3v) is 3.59. The summed E-state index contributed by atoms with van der Waals surface area (Å²) >= 11 is 3.42. The van der Waals surface area contributed by atoms with E-state index in [1.165, 1.54) is 24.8 Å². The highest BCUT2D eigenvalue weighted by Crippen LogP contribution is 2.26. The number of alkyl halides is 1. The first-order valence-corrected chi connectivity index (χ1v) is 6.17. The van der Waals surface area contributed by atoms with Gasteiger partial charge in [0.05, 0.1) is 0 Å². The van der Waals surface area contributed by atoms with Gasteiger partial charge >= 0.3 is 0 Å². The van der Waals surface area contributed by atoms with Crippen molar-refractivity contribution < 1.29 is 0 Å². The van der Waals surface area contributed by atoms with Gasteiger partial charge in [0.1, 0.15) is 5.82 Å². The standard InChI is InChI=1S/C11H15BrN2/c1-14(10-3-2-4-10)11-6-5-9(7-12)8-13-11/h5-6,8,10H,2-4,7H2,1H3. The summed E-state index contributed by atoms with van der Waals surface area (Å²) in [6.07, 6.45) is 5.95. The summed E-state index contributed by atoms with van der Waals surface area (Å²) in [6.45, 7) is 0. The Hall–Kier alpha value is -0.570. The van der Waals surface area contributed by atoms with E-state index in [-0.39, 0.29) is 0 Å². The van der Waals surface area contributed by atoms with E-state index in [0.29, 0.717) is 0 Å². The van der Waals surface area contributed by atoms with Crippen LogP contribution in [-0.2, 0) is 5.33 Å². The number of aromatic nitrogens is 1. The molecule has 2 nitrogen and oxygen atoms in total. The number of pyridine rings is 1. The molecule has 0 unspecified atom stereocenters. The number of hydrogen-bond donors (Lipinski definition) is 0. The van der Waals surface area contributed by atoms with E-state index < -0.39 is 0 Å². The fraction of sp³-hybridized carbons (Fsp3) is 0.545. The molecule has 1 aliphatic rings. The Morgan fingerprint density at radius 2 is 2.29 bits per heavy atom. The fourth-order valence-electron chi connectivity index (χ4n) is 1.67. The van der Waals surface area contributed by atoms with E-state index in [1.807, 2.05) is 6.20 Å². The SMILES string of the molecule is CN(c1ccc(CBr)cn1)C1CCC1. The van der Waals surface area contributed by atoms with Crippen LogP contribution in [-0.4, -0.2) is 18.1 Å². The van der Waals surface area contributed by atoms with Crippen molar-refractivity contribution in [2.45, 2.75) is 30.6 Å². The molecule has 1 aromatic rings. The zero-order valence-electron chi connectivity index (χ0n) is 8.41. The molecule has 1 aliphatic carbocycles. The largest absolute Gasteiger partial charge is 0.357 e. The maximum atomic E-state index is 4.45. The van der Waals surface area contributed by atoms with E-state index >= 15 is 0 Å². The molecule has 1 saturated carbocycles. The lowest BCUT2D eigenvalue weighted by atomic mass is 9.92. The van der Waals surface area contributed by atoms with Crippen LogP contribution < -0.4 is 4.90 Å². The molecule has 1 fully saturated rings. The third-order valence-electron chi connectivity index (χ3n) is 2.95. The van der Waals surface area contributed by atoms with Crippen LogP contribution in [0.3, 0.4) is 0 Å². The lowest BCUT2D eigenvalue weighted by Gasteiger charge is -2.35. The van der Waals surface area contributed by atoms with Gasteiger partial charge in [-0.15, -0.1) is 0 Å². The van der Waals surface area contributed by atoms with Gasteiger partial charge in [-0.1, -0.05) is 22.0 Å². The Kier molecular flexibility index (Phi) is 3.06. The monoisotopic (exact) mass is 254 g/mol. The molecule has 0 spiro atoms. The van der Waals surface area contributed by atoms with Crippen molar-refractivity contribution in [3.63, 3.8) is 0 Å². The molecule has 0 bridgehead atoms. The summed E-state index contributed by atoms with van der Waals surface area (Å²) in [6, 6.07) is 4.96. The van der Waals surface area contributed by atoms with Crippen molar-refractivity contribution in [2.24, 2.45) is 0 Å². The van der Waals surface area contributed by atoms with Gasteiger partial charge in [-0.25, -0.2) is 4.98 Å². The van der Waals surface area contributed by atoms with E-state index in [9.17, 15) is 0 Å². The van der Waals surface area contributed by atoms with Gasteiger partial charge in [0.2, 0.25) is 0 Å². The summed E-state index contributed by atoms with van der Waals surface area (Å²) in [5.41, 5.74) is 1.23. The predicted octanol–water partition coefficient (Wildman–Crippen LogP) is 2.97. The van der Waals surface area contributed by atoms with E-state index in [0.717, 1.165) is 17.2 Å². The highest BCUT2D eigenvalue weighted by molar-refractivity contribution is 9.08. The molecule has 0 aromatic carbocycles. The Labute approximate surface area is 93.5 Å². The van der Waals surface area contributed by atoms with Gasteiger partial charge in [-0.2, -0.15) is 0 Å². The number of rotatable bonds is 3. The van der Waals surface area contributed by atoms with Crippen molar-refractivity contribution >= 4 is 21.7 Å². The van der Waals surface area contributed by atoms with Crippen LogP contribution in [0.2, 0.25) is 0 Å². The summed E-state index contributed by atoms with van der Waals surface area (Å²) < 4.78 is 0. The normalized spacial score (nSPS) is 16.4. The molecule has 0 radical (unpaired) electrons. The smallest absolute Gasteiger partial charge is 0.128 e. The van der Waals surface area contributed by atoms with Crippen molar-refractivity contribution in [3.05, 3.63) is 23.9 Å². The molecule has 2 rings (SSSR count).